The zero-order chi connectivity index (χ0) is 25.2. The number of hydrogen-bond acceptors (Lipinski definition) is 5. The van der Waals surface area contributed by atoms with Gasteiger partial charge in [0.2, 0.25) is 5.91 Å². The summed E-state index contributed by atoms with van der Waals surface area (Å²) in [5.41, 5.74) is 1.66. The molecule has 1 saturated heterocycles. The Labute approximate surface area is 206 Å². The molecule has 1 fully saturated rings. The number of nitrogens with zero attached hydrogens (tertiary/aromatic N) is 1. The minimum atomic E-state index is -0.515. The van der Waals surface area contributed by atoms with Gasteiger partial charge in [0.25, 0.3) is 11.8 Å². The van der Waals surface area contributed by atoms with Crippen LogP contribution in [0.2, 0.25) is 0 Å². The molecule has 0 spiro atoms. The van der Waals surface area contributed by atoms with E-state index in [2.05, 4.69) is 10.6 Å². The van der Waals surface area contributed by atoms with Crippen LogP contribution in [0.4, 0.5) is 0 Å². The lowest BCUT2D eigenvalue weighted by Crippen LogP contribution is -2.59. The van der Waals surface area contributed by atoms with Crippen molar-refractivity contribution in [3.63, 3.8) is 0 Å². The predicted octanol–water partition coefficient (Wildman–Crippen LogP) is 2.83. The van der Waals surface area contributed by atoms with Gasteiger partial charge in [-0.05, 0) is 42.3 Å². The molecule has 0 unspecified atom stereocenters. The molecule has 2 aromatic rings. The van der Waals surface area contributed by atoms with Crippen molar-refractivity contribution in [2.45, 2.75) is 52.8 Å². The summed E-state index contributed by atoms with van der Waals surface area (Å²) < 4.78 is 12.0. The normalized spacial score (nSPS) is 21.1. The minimum absolute atomic E-state index is 0.0427. The number of carbonyl (C=O) groups excluding carboxylic acids is 3. The van der Waals surface area contributed by atoms with Gasteiger partial charge in [-0.15, -0.1) is 0 Å². The quantitative estimate of drug-likeness (QED) is 0.606. The lowest BCUT2D eigenvalue weighted by molar-refractivity contribution is -0.142. The van der Waals surface area contributed by atoms with Gasteiger partial charge in [0.15, 0.2) is 6.61 Å². The van der Waals surface area contributed by atoms with Gasteiger partial charge in [0, 0.05) is 37.0 Å². The number of fused-ring (bicyclic) bond motifs is 7. The molecule has 0 aliphatic carbocycles. The van der Waals surface area contributed by atoms with Crippen LogP contribution in [0.5, 0.6) is 11.5 Å². The van der Waals surface area contributed by atoms with Crippen molar-refractivity contribution in [3.8, 4) is 11.5 Å². The number of rotatable bonds is 0. The highest BCUT2D eigenvalue weighted by molar-refractivity contribution is 5.95. The lowest BCUT2D eigenvalue weighted by Gasteiger charge is -2.41. The molecule has 4 bridgehead atoms. The molecule has 5 rings (SSSR count). The Morgan fingerprint density at radius 2 is 1.83 bits per heavy atom. The maximum atomic E-state index is 13.2. The highest BCUT2D eigenvalue weighted by Gasteiger charge is 2.37. The zero-order valence-electron chi connectivity index (χ0n) is 20.7. The Bertz CT molecular complexity index is 1110. The predicted molar refractivity (Wildman–Crippen MR) is 131 cm³/mol. The Morgan fingerprint density at radius 1 is 1.09 bits per heavy atom. The number of hydrogen-bond donors (Lipinski definition) is 2. The molecule has 3 aliphatic rings. The average molecular weight is 480 g/mol. The number of likely N-dealkylation sites (tertiary alicyclic amines) is 1. The molecule has 3 heterocycles. The molecule has 2 aromatic carbocycles. The summed E-state index contributed by atoms with van der Waals surface area (Å²) in [6.45, 7) is 8.68. The van der Waals surface area contributed by atoms with Gasteiger partial charge in [-0.1, -0.05) is 39.0 Å². The molecular weight excluding hydrogens is 446 g/mol. The van der Waals surface area contributed by atoms with Crippen molar-refractivity contribution in [1.82, 2.24) is 15.5 Å². The summed E-state index contributed by atoms with van der Waals surface area (Å²) >= 11 is 0. The van der Waals surface area contributed by atoms with E-state index in [1.807, 2.05) is 52.0 Å². The summed E-state index contributed by atoms with van der Waals surface area (Å²) in [5, 5.41) is 5.93. The second-order valence-corrected chi connectivity index (χ2v) is 10.2. The van der Waals surface area contributed by atoms with E-state index >= 15 is 0 Å². The fraction of sp³-hybridized carbons (Fsp3) is 0.444. The van der Waals surface area contributed by atoms with Crippen molar-refractivity contribution in [1.29, 1.82) is 0 Å². The topological polar surface area (TPSA) is 97.0 Å². The van der Waals surface area contributed by atoms with E-state index in [1.54, 1.807) is 23.1 Å². The standard InChI is InChI=1S/C27H33N3O5/c1-17-5-8-19-13-23(17)34-16-24(31)28-14-18-6-9-20(10-7-18)35-22-11-12-30(26(33)27(2,3)4)15-21(22)29-25(19)32/h5-10,13,21-22H,11-12,14-16H2,1-4H3,(H,28,31)(H,29,32)/t21-,22-/m0/s1. The summed E-state index contributed by atoms with van der Waals surface area (Å²) in [6.07, 6.45) is 0.290. The number of amides is 3. The van der Waals surface area contributed by atoms with E-state index in [0.29, 0.717) is 43.1 Å². The van der Waals surface area contributed by atoms with Gasteiger partial charge in [-0.2, -0.15) is 0 Å². The van der Waals surface area contributed by atoms with E-state index in [0.717, 1.165) is 11.1 Å². The molecule has 0 radical (unpaired) electrons. The molecule has 8 heteroatoms. The van der Waals surface area contributed by atoms with Crippen LogP contribution in [-0.4, -0.2) is 54.5 Å². The van der Waals surface area contributed by atoms with E-state index in [4.69, 9.17) is 9.47 Å². The summed E-state index contributed by atoms with van der Waals surface area (Å²) in [5.74, 6) is 0.648. The first-order valence-electron chi connectivity index (χ1n) is 12.0. The van der Waals surface area contributed by atoms with Gasteiger partial charge in [-0.3, -0.25) is 14.4 Å². The van der Waals surface area contributed by atoms with Crippen LogP contribution in [0.15, 0.2) is 42.5 Å². The van der Waals surface area contributed by atoms with E-state index in [1.165, 1.54) is 0 Å². The molecule has 35 heavy (non-hydrogen) atoms. The number of carbonyl (C=O) groups is 3. The number of aryl methyl sites for hydroxylation is 1. The summed E-state index contributed by atoms with van der Waals surface area (Å²) in [7, 11) is 0. The molecule has 3 aliphatic heterocycles. The van der Waals surface area contributed by atoms with Crippen LogP contribution in [0.1, 0.15) is 48.7 Å². The first-order valence-corrected chi connectivity index (χ1v) is 12.0. The van der Waals surface area contributed by atoms with E-state index in [-0.39, 0.29) is 30.4 Å². The molecule has 0 aromatic heterocycles. The second kappa shape index (κ2) is 9.98. The van der Waals surface area contributed by atoms with Gasteiger partial charge < -0.3 is 25.0 Å². The van der Waals surface area contributed by atoms with Gasteiger partial charge >= 0.3 is 0 Å². The molecule has 2 atom stereocenters. The molecular formula is C27H33N3O5. The van der Waals surface area contributed by atoms with Crippen molar-refractivity contribution < 1.29 is 23.9 Å². The smallest absolute Gasteiger partial charge is 0.258 e. The second-order valence-electron chi connectivity index (χ2n) is 10.2. The summed E-state index contributed by atoms with van der Waals surface area (Å²) in [6, 6.07) is 12.3. The van der Waals surface area contributed by atoms with Gasteiger partial charge in [0.1, 0.15) is 17.6 Å². The first kappa shape index (κ1) is 24.6. The Morgan fingerprint density at radius 3 is 2.54 bits per heavy atom. The summed E-state index contributed by atoms with van der Waals surface area (Å²) in [4.78, 5) is 40.3. The molecule has 2 N–H and O–H groups in total. The third-order valence-corrected chi connectivity index (χ3v) is 6.30. The maximum Gasteiger partial charge on any atom is 0.258 e. The van der Waals surface area contributed by atoms with Crippen LogP contribution in [-0.2, 0) is 16.1 Å². The van der Waals surface area contributed by atoms with E-state index in [9.17, 15) is 14.4 Å². The molecule has 3 amide bonds. The number of ether oxygens (including phenoxy) is 2. The zero-order valence-corrected chi connectivity index (χ0v) is 20.7. The molecule has 0 saturated carbocycles. The Hall–Kier alpha value is -3.55. The Balaban J connectivity index is 1.64. The molecule has 186 valence electrons. The van der Waals surface area contributed by atoms with Crippen molar-refractivity contribution in [2.24, 2.45) is 5.41 Å². The van der Waals surface area contributed by atoms with Crippen LogP contribution in [0, 0.1) is 12.3 Å². The van der Waals surface area contributed by atoms with Crippen LogP contribution >= 0.6 is 0 Å². The number of benzene rings is 2. The first-order chi connectivity index (χ1) is 16.6. The van der Waals surface area contributed by atoms with Gasteiger partial charge in [-0.25, -0.2) is 0 Å². The SMILES string of the molecule is Cc1ccc2cc1OCC(=O)NCc1ccc(cc1)O[C@H]1CCN(C(=O)C(C)(C)C)C[C@@H]1NC2=O. The lowest BCUT2D eigenvalue weighted by atomic mass is 9.92. The third kappa shape index (κ3) is 5.93. The van der Waals surface area contributed by atoms with Crippen LogP contribution in [0.3, 0.4) is 0 Å². The van der Waals surface area contributed by atoms with Crippen molar-refractivity contribution >= 4 is 17.7 Å². The largest absolute Gasteiger partial charge is 0.488 e. The average Bonchev–Trinajstić information content (AvgIpc) is 2.82. The van der Waals surface area contributed by atoms with Crippen molar-refractivity contribution in [2.75, 3.05) is 19.7 Å². The Kier molecular flexibility index (Phi) is 7.00. The van der Waals surface area contributed by atoms with Crippen LogP contribution < -0.4 is 20.1 Å². The monoisotopic (exact) mass is 479 g/mol. The number of nitrogens with one attached hydrogen (secondary N) is 2. The third-order valence-electron chi connectivity index (χ3n) is 6.30. The van der Waals surface area contributed by atoms with E-state index < -0.39 is 11.5 Å². The highest BCUT2D eigenvalue weighted by atomic mass is 16.5. The van der Waals surface area contributed by atoms with Crippen molar-refractivity contribution in [3.05, 3.63) is 59.2 Å². The van der Waals surface area contributed by atoms with Crippen LogP contribution in [0.25, 0.3) is 0 Å². The number of piperidine rings is 1. The van der Waals surface area contributed by atoms with Gasteiger partial charge in [0.05, 0.1) is 6.04 Å². The maximum absolute atomic E-state index is 13.2. The fourth-order valence-corrected chi connectivity index (χ4v) is 4.27. The molecule has 8 nitrogen and oxygen atoms in total. The highest BCUT2D eigenvalue weighted by Crippen LogP contribution is 2.25. The minimum Gasteiger partial charge on any atom is -0.488 e. The fourth-order valence-electron chi connectivity index (χ4n) is 4.27.